The summed E-state index contributed by atoms with van der Waals surface area (Å²) in [7, 11) is 0. The van der Waals surface area contributed by atoms with Crippen molar-refractivity contribution in [2.24, 2.45) is 0 Å². The van der Waals surface area contributed by atoms with Gasteiger partial charge in [-0.25, -0.2) is 0 Å². The highest BCUT2D eigenvalue weighted by Gasteiger charge is 2.07. The predicted octanol–water partition coefficient (Wildman–Crippen LogP) is 4.12. The Morgan fingerprint density at radius 1 is 0.850 bits per heavy atom. The minimum Gasteiger partial charge on any atom is -0.508 e. The van der Waals surface area contributed by atoms with Crippen LogP contribution in [0.1, 0.15) is 0 Å². The summed E-state index contributed by atoms with van der Waals surface area (Å²) >= 11 is 0. The van der Waals surface area contributed by atoms with Crippen molar-refractivity contribution >= 4 is 16.5 Å². The van der Waals surface area contributed by atoms with E-state index in [2.05, 4.69) is 0 Å². The molecule has 4 nitrogen and oxygen atoms in total. The molecule has 98 valence electrons. The van der Waals surface area contributed by atoms with Crippen molar-refractivity contribution in [3.05, 3.63) is 70.8 Å². The van der Waals surface area contributed by atoms with E-state index < -0.39 is 4.92 Å². The topological polar surface area (TPSA) is 63.4 Å². The van der Waals surface area contributed by atoms with E-state index >= 15 is 0 Å². The third kappa shape index (κ3) is 2.19. The molecule has 1 N–H and O–H groups in total. The smallest absolute Gasteiger partial charge is 0.270 e. The van der Waals surface area contributed by atoms with E-state index in [9.17, 15) is 15.2 Å². The number of nitrogens with zero attached hydrogens (tertiary/aromatic N) is 1. The molecule has 0 amide bonds. The maximum Gasteiger partial charge on any atom is 0.270 e. The van der Waals surface area contributed by atoms with Crippen LogP contribution >= 0.6 is 0 Å². The minimum atomic E-state index is -0.400. The molecule has 0 heterocycles. The number of non-ortho nitro benzene ring substituents is 1. The Balaban J connectivity index is 2.12. The van der Waals surface area contributed by atoms with Crippen LogP contribution in [0.25, 0.3) is 21.9 Å². The summed E-state index contributed by atoms with van der Waals surface area (Å²) in [6.07, 6.45) is 0. The van der Waals surface area contributed by atoms with Crippen LogP contribution in [0.15, 0.2) is 60.7 Å². The molecule has 20 heavy (non-hydrogen) atoms. The Bertz CT molecular complexity index is 812. The zero-order chi connectivity index (χ0) is 14.1. The molecular formula is C16H11NO3. The van der Waals surface area contributed by atoms with Gasteiger partial charge in [-0.2, -0.15) is 0 Å². The number of aromatic hydroxyl groups is 1. The molecule has 0 aliphatic heterocycles. The van der Waals surface area contributed by atoms with Crippen LogP contribution in [0, 0.1) is 10.1 Å². The van der Waals surface area contributed by atoms with Gasteiger partial charge >= 0.3 is 0 Å². The zero-order valence-corrected chi connectivity index (χ0v) is 10.5. The first-order valence-corrected chi connectivity index (χ1v) is 6.11. The van der Waals surface area contributed by atoms with Crippen LogP contribution in [0.4, 0.5) is 5.69 Å². The first-order chi connectivity index (χ1) is 9.63. The van der Waals surface area contributed by atoms with Gasteiger partial charge < -0.3 is 5.11 Å². The second-order valence-corrected chi connectivity index (χ2v) is 4.55. The molecule has 0 radical (unpaired) electrons. The van der Waals surface area contributed by atoms with E-state index in [1.165, 1.54) is 6.07 Å². The van der Waals surface area contributed by atoms with Crippen molar-refractivity contribution < 1.29 is 10.0 Å². The molecule has 0 spiro atoms. The second kappa shape index (κ2) is 4.66. The summed E-state index contributed by atoms with van der Waals surface area (Å²) in [5.74, 6) is 0.223. The van der Waals surface area contributed by atoms with Gasteiger partial charge in [0.2, 0.25) is 0 Å². The van der Waals surface area contributed by atoms with Crippen LogP contribution in [0.5, 0.6) is 5.75 Å². The van der Waals surface area contributed by atoms with Gasteiger partial charge in [0.1, 0.15) is 5.75 Å². The molecule has 0 aliphatic carbocycles. The van der Waals surface area contributed by atoms with Gasteiger partial charge in [-0.1, -0.05) is 30.3 Å². The van der Waals surface area contributed by atoms with E-state index in [1.807, 2.05) is 30.3 Å². The standard InChI is InChI=1S/C16H11NO3/c18-16-7-6-13-8-12(4-5-14(13)10-16)11-2-1-3-15(9-11)17(19)20/h1-10,18H. The van der Waals surface area contributed by atoms with Gasteiger partial charge in [-0.05, 0) is 40.1 Å². The third-order valence-electron chi connectivity index (χ3n) is 3.21. The summed E-state index contributed by atoms with van der Waals surface area (Å²) < 4.78 is 0. The van der Waals surface area contributed by atoms with Crippen LogP contribution in [0.3, 0.4) is 0 Å². The molecule has 3 rings (SSSR count). The van der Waals surface area contributed by atoms with Gasteiger partial charge in [-0.3, -0.25) is 10.1 Å². The Labute approximate surface area is 115 Å². The lowest BCUT2D eigenvalue weighted by Crippen LogP contribution is -1.88. The number of nitro benzene ring substituents is 1. The average molecular weight is 265 g/mol. The van der Waals surface area contributed by atoms with Crippen LogP contribution in [-0.4, -0.2) is 10.0 Å². The van der Waals surface area contributed by atoms with Gasteiger partial charge in [0, 0.05) is 12.1 Å². The van der Waals surface area contributed by atoms with E-state index in [0.717, 1.165) is 21.9 Å². The number of phenols is 1. The van der Waals surface area contributed by atoms with E-state index in [4.69, 9.17) is 0 Å². The number of benzene rings is 3. The van der Waals surface area contributed by atoms with Gasteiger partial charge in [0.15, 0.2) is 0 Å². The molecule has 0 saturated carbocycles. The molecule has 0 aliphatic rings. The minimum absolute atomic E-state index is 0.0771. The van der Waals surface area contributed by atoms with Crippen molar-refractivity contribution in [2.45, 2.75) is 0 Å². The maximum absolute atomic E-state index is 10.8. The average Bonchev–Trinajstić information content (AvgIpc) is 2.47. The summed E-state index contributed by atoms with van der Waals surface area (Å²) in [6, 6.07) is 17.4. The Morgan fingerprint density at radius 2 is 1.55 bits per heavy atom. The van der Waals surface area contributed by atoms with Crippen molar-refractivity contribution in [2.75, 3.05) is 0 Å². The number of phenolic OH excluding ortho intramolecular Hbond substituents is 1. The number of hydrogen-bond donors (Lipinski definition) is 1. The zero-order valence-electron chi connectivity index (χ0n) is 10.5. The summed E-state index contributed by atoms with van der Waals surface area (Å²) in [5, 5.41) is 22.2. The van der Waals surface area contributed by atoms with Gasteiger partial charge in [0.25, 0.3) is 5.69 Å². The Morgan fingerprint density at radius 3 is 2.35 bits per heavy atom. The second-order valence-electron chi connectivity index (χ2n) is 4.55. The lowest BCUT2D eigenvalue weighted by atomic mass is 10.0. The van der Waals surface area contributed by atoms with Crippen molar-refractivity contribution in [3.8, 4) is 16.9 Å². The largest absolute Gasteiger partial charge is 0.508 e. The fraction of sp³-hybridized carbons (Fsp3) is 0. The first-order valence-electron chi connectivity index (χ1n) is 6.11. The highest BCUT2D eigenvalue weighted by atomic mass is 16.6. The van der Waals surface area contributed by atoms with E-state index in [1.54, 1.807) is 24.3 Å². The number of fused-ring (bicyclic) bond motifs is 1. The van der Waals surface area contributed by atoms with Crippen LogP contribution in [0.2, 0.25) is 0 Å². The van der Waals surface area contributed by atoms with Crippen LogP contribution in [-0.2, 0) is 0 Å². The van der Waals surface area contributed by atoms with Crippen LogP contribution < -0.4 is 0 Å². The number of rotatable bonds is 2. The molecule has 0 saturated heterocycles. The fourth-order valence-corrected chi connectivity index (χ4v) is 2.21. The molecule has 0 atom stereocenters. The monoisotopic (exact) mass is 265 g/mol. The molecule has 3 aromatic rings. The number of hydrogen-bond acceptors (Lipinski definition) is 3. The SMILES string of the molecule is O=[N+]([O-])c1cccc(-c2ccc3cc(O)ccc3c2)c1. The molecular weight excluding hydrogens is 254 g/mol. The first kappa shape index (κ1) is 12.2. The van der Waals surface area contributed by atoms with Gasteiger partial charge in [0.05, 0.1) is 4.92 Å². The number of nitro groups is 1. The van der Waals surface area contributed by atoms with Crippen molar-refractivity contribution in [3.63, 3.8) is 0 Å². The highest BCUT2D eigenvalue weighted by Crippen LogP contribution is 2.28. The summed E-state index contributed by atoms with van der Waals surface area (Å²) in [4.78, 5) is 10.4. The highest BCUT2D eigenvalue weighted by molar-refractivity contribution is 5.88. The molecule has 0 aromatic heterocycles. The predicted molar refractivity (Wildman–Crippen MR) is 77.7 cm³/mol. The molecule has 0 bridgehead atoms. The summed E-state index contributed by atoms with van der Waals surface area (Å²) in [6.45, 7) is 0. The normalized spacial score (nSPS) is 10.6. The fourth-order valence-electron chi connectivity index (χ4n) is 2.21. The third-order valence-corrected chi connectivity index (χ3v) is 3.21. The molecule has 3 aromatic carbocycles. The lowest BCUT2D eigenvalue weighted by molar-refractivity contribution is -0.384. The summed E-state index contributed by atoms with van der Waals surface area (Å²) in [5.41, 5.74) is 1.79. The van der Waals surface area contributed by atoms with Crippen molar-refractivity contribution in [1.82, 2.24) is 0 Å². The Kier molecular flexibility index (Phi) is 2.84. The maximum atomic E-state index is 10.8. The van der Waals surface area contributed by atoms with Crippen molar-refractivity contribution in [1.29, 1.82) is 0 Å². The molecule has 4 heteroatoms. The quantitative estimate of drug-likeness (QED) is 0.560. The Hall–Kier alpha value is -2.88. The molecule has 0 fully saturated rings. The van der Waals surface area contributed by atoms with Gasteiger partial charge in [-0.15, -0.1) is 0 Å². The lowest BCUT2D eigenvalue weighted by Gasteiger charge is -2.04. The molecule has 0 unspecified atom stereocenters. The van der Waals surface area contributed by atoms with E-state index in [-0.39, 0.29) is 11.4 Å². The van der Waals surface area contributed by atoms with E-state index in [0.29, 0.717) is 0 Å².